The van der Waals surface area contributed by atoms with Crippen LogP contribution in [0.5, 0.6) is 11.5 Å². The van der Waals surface area contributed by atoms with E-state index >= 15 is 0 Å². The number of carbonyl (C=O) groups is 2. The predicted octanol–water partition coefficient (Wildman–Crippen LogP) is 5.49. The zero-order valence-corrected chi connectivity index (χ0v) is 21.2. The molecule has 0 aliphatic heterocycles. The molecule has 3 rings (SSSR count). The maximum Gasteiger partial charge on any atom is 0.308 e. The highest BCUT2D eigenvalue weighted by Crippen LogP contribution is 2.39. The smallest absolute Gasteiger partial charge is 0.308 e. The zero-order chi connectivity index (χ0) is 25.5. The highest BCUT2D eigenvalue weighted by atomic mass is 32.2. The van der Waals surface area contributed by atoms with Crippen molar-refractivity contribution in [3.05, 3.63) is 71.8 Å². The van der Waals surface area contributed by atoms with Crippen LogP contribution in [0.3, 0.4) is 0 Å². The van der Waals surface area contributed by atoms with Crippen LogP contribution in [0.15, 0.2) is 60.7 Å². The molecule has 0 aromatic heterocycles. The van der Waals surface area contributed by atoms with Crippen LogP contribution < -0.4 is 8.92 Å². The SMILES string of the molecule is CCS(=O)(=O)Oc1cccc(/C=C/C(=O)C(C)(CC2CCC2)C(=O)/C=C/c2cccc(OC)c2)c1. The van der Waals surface area contributed by atoms with Gasteiger partial charge >= 0.3 is 10.1 Å². The number of rotatable bonds is 12. The lowest BCUT2D eigenvalue weighted by atomic mass is 9.68. The van der Waals surface area contributed by atoms with Gasteiger partial charge in [-0.3, -0.25) is 9.59 Å². The van der Waals surface area contributed by atoms with Crippen LogP contribution in [0.25, 0.3) is 12.2 Å². The fourth-order valence-corrected chi connectivity index (χ4v) is 4.44. The first-order valence-corrected chi connectivity index (χ1v) is 13.3. The van der Waals surface area contributed by atoms with Gasteiger partial charge in [0.25, 0.3) is 0 Å². The first kappa shape index (κ1) is 26.4. The van der Waals surface area contributed by atoms with Crippen molar-refractivity contribution >= 4 is 33.8 Å². The van der Waals surface area contributed by atoms with Gasteiger partial charge in [-0.25, -0.2) is 0 Å². The Bertz CT molecular complexity index is 1220. The fourth-order valence-electron chi connectivity index (χ4n) is 3.93. The molecule has 35 heavy (non-hydrogen) atoms. The topological polar surface area (TPSA) is 86.7 Å². The van der Waals surface area contributed by atoms with E-state index in [1.165, 1.54) is 19.1 Å². The molecule has 0 amide bonds. The van der Waals surface area contributed by atoms with Crippen LogP contribution in [-0.2, 0) is 19.7 Å². The molecule has 1 atom stereocenters. The lowest BCUT2D eigenvalue weighted by Crippen LogP contribution is -2.37. The van der Waals surface area contributed by atoms with Crippen molar-refractivity contribution in [2.45, 2.75) is 39.5 Å². The Balaban J connectivity index is 1.80. The van der Waals surface area contributed by atoms with E-state index in [2.05, 4.69) is 0 Å². The third kappa shape index (κ3) is 7.15. The monoisotopic (exact) mass is 496 g/mol. The quantitative estimate of drug-likeness (QED) is 0.220. The van der Waals surface area contributed by atoms with Crippen molar-refractivity contribution in [3.63, 3.8) is 0 Å². The molecule has 7 heteroatoms. The van der Waals surface area contributed by atoms with Gasteiger partial charge in [-0.1, -0.05) is 55.7 Å². The number of ketones is 2. The molecule has 1 unspecified atom stereocenters. The Hall–Kier alpha value is -3.19. The van der Waals surface area contributed by atoms with E-state index in [0.717, 1.165) is 24.8 Å². The minimum absolute atomic E-state index is 0.142. The van der Waals surface area contributed by atoms with E-state index in [1.54, 1.807) is 50.5 Å². The van der Waals surface area contributed by atoms with Crippen LogP contribution in [0.2, 0.25) is 0 Å². The first-order valence-electron chi connectivity index (χ1n) is 11.8. The number of carbonyl (C=O) groups excluding carboxylic acids is 2. The summed E-state index contributed by atoms with van der Waals surface area (Å²) in [4.78, 5) is 26.6. The Morgan fingerprint density at radius 1 is 0.971 bits per heavy atom. The third-order valence-corrected chi connectivity index (χ3v) is 7.55. The molecule has 1 aliphatic carbocycles. The standard InChI is InChI=1S/C28H32O6S/c1-4-35(31,32)34-25-13-7-9-22(19-25)15-17-27(30)28(2,20-23-10-5-11-23)26(29)16-14-21-8-6-12-24(18-21)33-3/h6-9,12-19,23H,4-5,10-11,20H2,1-3H3/b16-14+,17-15+. The molecule has 2 aromatic rings. The molecule has 1 saturated carbocycles. The van der Waals surface area contributed by atoms with E-state index in [9.17, 15) is 18.0 Å². The van der Waals surface area contributed by atoms with Crippen LogP contribution in [0.1, 0.15) is 50.7 Å². The molecule has 2 aromatic carbocycles. The first-order chi connectivity index (χ1) is 16.6. The summed E-state index contributed by atoms with van der Waals surface area (Å²) in [7, 11) is -2.07. The minimum atomic E-state index is -3.65. The molecular formula is C28H32O6S. The van der Waals surface area contributed by atoms with Crippen molar-refractivity contribution in [3.8, 4) is 11.5 Å². The Labute approximate surface area is 207 Å². The molecular weight excluding hydrogens is 464 g/mol. The van der Waals surface area contributed by atoms with Crippen molar-refractivity contribution < 1.29 is 26.9 Å². The van der Waals surface area contributed by atoms with E-state index in [1.807, 2.05) is 24.3 Å². The van der Waals surface area contributed by atoms with Gasteiger partial charge in [0.05, 0.1) is 18.3 Å². The van der Waals surface area contributed by atoms with Crippen LogP contribution in [0.4, 0.5) is 0 Å². The van der Waals surface area contributed by atoms with E-state index < -0.39 is 15.5 Å². The average molecular weight is 497 g/mol. The highest BCUT2D eigenvalue weighted by Gasteiger charge is 2.41. The van der Waals surface area contributed by atoms with E-state index in [0.29, 0.717) is 23.7 Å². The molecule has 0 saturated heterocycles. The predicted molar refractivity (Wildman–Crippen MR) is 138 cm³/mol. The van der Waals surface area contributed by atoms with Crippen LogP contribution >= 0.6 is 0 Å². The molecule has 1 fully saturated rings. The lowest BCUT2D eigenvalue weighted by molar-refractivity contribution is -0.135. The molecule has 186 valence electrons. The average Bonchev–Trinajstić information content (AvgIpc) is 2.83. The lowest BCUT2D eigenvalue weighted by Gasteiger charge is -2.33. The minimum Gasteiger partial charge on any atom is -0.497 e. The Morgan fingerprint density at radius 3 is 2.00 bits per heavy atom. The van der Waals surface area contributed by atoms with Gasteiger partial charge < -0.3 is 8.92 Å². The summed E-state index contributed by atoms with van der Waals surface area (Å²) in [6.07, 6.45) is 9.82. The van der Waals surface area contributed by atoms with Crippen molar-refractivity contribution in [2.24, 2.45) is 11.3 Å². The summed E-state index contributed by atoms with van der Waals surface area (Å²) >= 11 is 0. The number of hydrogen-bond donors (Lipinski definition) is 0. The van der Waals surface area contributed by atoms with Gasteiger partial charge in [0, 0.05) is 0 Å². The summed E-state index contributed by atoms with van der Waals surface area (Å²) in [5, 5.41) is 0. The van der Waals surface area contributed by atoms with E-state index in [-0.39, 0.29) is 23.1 Å². The van der Waals surface area contributed by atoms with Crippen molar-refractivity contribution in [2.75, 3.05) is 12.9 Å². The zero-order valence-electron chi connectivity index (χ0n) is 20.4. The van der Waals surface area contributed by atoms with Gasteiger partial charge in [-0.05, 0) is 73.7 Å². The summed E-state index contributed by atoms with van der Waals surface area (Å²) in [6.45, 7) is 3.21. The van der Waals surface area contributed by atoms with Crippen LogP contribution in [0, 0.1) is 11.3 Å². The number of benzene rings is 2. The summed E-state index contributed by atoms with van der Waals surface area (Å²) in [5.41, 5.74) is 0.231. The second-order valence-corrected chi connectivity index (χ2v) is 10.9. The molecule has 0 heterocycles. The number of allylic oxidation sites excluding steroid dienone is 2. The number of ether oxygens (including phenoxy) is 1. The van der Waals surface area contributed by atoms with Gasteiger partial charge in [0.1, 0.15) is 11.5 Å². The Kier molecular flexibility index (Phi) is 8.67. The normalized spacial score (nSPS) is 16.1. The molecule has 0 bridgehead atoms. The Morgan fingerprint density at radius 2 is 1.51 bits per heavy atom. The molecule has 0 radical (unpaired) electrons. The molecule has 0 N–H and O–H groups in total. The van der Waals surface area contributed by atoms with Gasteiger partial charge in [-0.2, -0.15) is 8.42 Å². The summed E-state index contributed by atoms with van der Waals surface area (Å²) in [6, 6.07) is 13.8. The maximum absolute atomic E-state index is 13.3. The highest BCUT2D eigenvalue weighted by molar-refractivity contribution is 7.87. The largest absolute Gasteiger partial charge is 0.497 e. The maximum atomic E-state index is 13.3. The van der Waals surface area contributed by atoms with Gasteiger partial charge in [-0.15, -0.1) is 0 Å². The molecule has 1 aliphatic rings. The van der Waals surface area contributed by atoms with Crippen molar-refractivity contribution in [1.82, 2.24) is 0 Å². The van der Waals surface area contributed by atoms with Gasteiger partial charge in [0.2, 0.25) is 0 Å². The summed E-state index contributed by atoms with van der Waals surface area (Å²) < 4.78 is 33.8. The fraction of sp³-hybridized carbons (Fsp3) is 0.357. The second-order valence-electron chi connectivity index (χ2n) is 9.01. The third-order valence-electron chi connectivity index (χ3n) is 6.39. The van der Waals surface area contributed by atoms with Crippen LogP contribution in [-0.4, -0.2) is 32.8 Å². The van der Waals surface area contributed by atoms with E-state index in [4.69, 9.17) is 8.92 Å². The van der Waals surface area contributed by atoms with Crippen molar-refractivity contribution in [1.29, 1.82) is 0 Å². The number of hydrogen-bond acceptors (Lipinski definition) is 6. The van der Waals surface area contributed by atoms with Gasteiger partial charge in [0.15, 0.2) is 11.6 Å². The number of methoxy groups -OCH3 is 1. The molecule has 0 spiro atoms. The summed E-state index contributed by atoms with van der Waals surface area (Å²) in [5.74, 6) is 0.550. The molecule has 6 nitrogen and oxygen atoms in total. The second kappa shape index (κ2) is 11.5.